The number of nitrogens with one attached hydrogen (secondary N) is 1. The van der Waals surface area contributed by atoms with Crippen molar-refractivity contribution in [1.29, 1.82) is 0 Å². The van der Waals surface area contributed by atoms with Crippen LogP contribution in [0, 0.1) is 5.82 Å². The van der Waals surface area contributed by atoms with Gasteiger partial charge in [0.15, 0.2) is 6.29 Å². The highest BCUT2D eigenvalue weighted by Crippen LogP contribution is 2.31. The van der Waals surface area contributed by atoms with E-state index in [0.29, 0.717) is 18.7 Å². The molecule has 0 radical (unpaired) electrons. The van der Waals surface area contributed by atoms with Crippen LogP contribution in [0.4, 0.5) is 9.18 Å². The topological polar surface area (TPSA) is 71.5 Å². The van der Waals surface area contributed by atoms with Gasteiger partial charge in [0.25, 0.3) is 5.91 Å². The lowest BCUT2D eigenvalue weighted by Crippen LogP contribution is -2.66. The number of imide groups is 1. The van der Waals surface area contributed by atoms with Crippen molar-refractivity contribution in [3.05, 3.63) is 48.3 Å². The standard InChI is InChI=1S/C19H23FN6O2/c1-4-9-26-18-21-16-15(24(18)10-12(2)22-26)17(27)25(19(28)23(16)3)11-13-7-5-6-8-14(13)20/h4-8,15-16,18,21H,1,9-11H2,2-3H3. The monoisotopic (exact) mass is 386 g/mol. The second kappa shape index (κ2) is 6.99. The Labute approximate surface area is 162 Å². The molecule has 2 saturated heterocycles. The predicted molar refractivity (Wildman–Crippen MR) is 101 cm³/mol. The Morgan fingerprint density at radius 3 is 2.82 bits per heavy atom. The molecule has 1 aromatic rings. The molecule has 1 N–H and O–H groups in total. The number of amides is 3. The molecule has 3 unspecified atom stereocenters. The fraction of sp³-hybridized carbons (Fsp3) is 0.421. The average Bonchev–Trinajstić information content (AvgIpc) is 3.05. The quantitative estimate of drug-likeness (QED) is 0.782. The lowest BCUT2D eigenvalue weighted by Gasteiger charge is -2.42. The molecule has 3 atom stereocenters. The molecule has 28 heavy (non-hydrogen) atoms. The minimum absolute atomic E-state index is 0.0974. The van der Waals surface area contributed by atoms with Crippen molar-refractivity contribution in [3.8, 4) is 0 Å². The Morgan fingerprint density at radius 1 is 1.36 bits per heavy atom. The number of hydrogen-bond donors (Lipinski definition) is 1. The number of likely N-dealkylation sites (N-methyl/N-ethyl adjacent to an activating group) is 1. The van der Waals surface area contributed by atoms with E-state index in [2.05, 4.69) is 17.0 Å². The van der Waals surface area contributed by atoms with Gasteiger partial charge in [-0.3, -0.25) is 20.0 Å². The first-order valence-corrected chi connectivity index (χ1v) is 9.17. The van der Waals surface area contributed by atoms with Crippen molar-refractivity contribution in [2.75, 3.05) is 20.1 Å². The number of benzene rings is 1. The molecule has 148 valence electrons. The predicted octanol–water partition coefficient (Wildman–Crippen LogP) is 0.981. The molecule has 9 heteroatoms. The summed E-state index contributed by atoms with van der Waals surface area (Å²) in [6.45, 7) is 6.58. The summed E-state index contributed by atoms with van der Waals surface area (Å²) >= 11 is 0. The number of rotatable bonds is 4. The zero-order valence-electron chi connectivity index (χ0n) is 15.9. The molecule has 0 spiro atoms. The molecule has 0 saturated carbocycles. The molecule has 0 bridgehead atoms. The largest absolute Gasteiger partial charge is 0.328 e. The van der Waals surface area contributed by atoms with Gasteiger partial charge in [-0.25, -0.2) is 14.1 Å². The van der Waals surface area contributed by atoms with Crippen LogP contribution in [0.2, 0.25) is 0 Å². The Kier molecular flexibility index (Phi) is 4.64. The van der Waals surface area contributed by atoms with E-state index in [-0.39, 0.29) is 18.7 Å². The molecule has 8 nitrogen and oxygen atoms in total. The normalized spacial score (nSPS) is 27.6. The Morgan fingerprint density at radius 2 is 2.11 bits per heavy atom. The van der Waals surface area contributed by atoms with Gasteiger partial charge in [-0.1, -0.05) is 24.3 Å². The van der Waals surface area contributed by atoms with E-state index in [1.54, 1.807) is 31.3 Å². The van der Waals surface area contributed by atoms with Crippen LogP contribution in [0.1, 0.15) is 12.5 Å². The summed E-state index contributed by atoms with van der Waals surface area (Å²) in [5.74, 6) is -0.770. The summed E-state index contributed by atoms with van der Waals surface area (Å²) in [5.41, 5.74) is 1.18. The summed E-state index contributed by atoms with van der Waals surface area (Å²) in [7, 11) is 1.65. The van der Waals surface area contributed by atoms with Crippen molar-refractivity contribution < 1.29 is 14.0 Å². The molecule has 4 rings (SSSR count). The van der Waals surface area contributed by atoms with Gasteiger partial charge in [0.1, 0.15) is 18.0 Å². The van der Waals surface area contributed by atoms with E-state index in [4.69, 9.17) is 0 Å². The maximum atomic E-state index is 14.1. The number of urea groups is 1. The Balaban J connectivity index is 1.65. The van der Waals surface area contributed by atoms with E-state index in [1.165, 1.54) is 11.0 Å². The van der Waals surface area contributed by atoms with Crippen LogP contribution >= 0.6 is 0 Å². The number of carbonyl (C=O) groups is 2. The van der Waals surface area contributed by atoms with E-state index in [1.807, 2.05) is 16.8 Å². The molecule has 3 aliphatic heterocycles. The number of fused-ring (bicyclic) bond motifs is 3. The fourth-order valence-electron chi connectivity index (χ4n) is 4.06. The van der Waals surface area contributed by atoms with Crippen LogP contribution in [0.15, 0.2) is 42.0 Å². The Bertz CT molecular complexity index is 859. The Hall–Kier alpha value is -2.78. The van der Waals surface area contributed by atoms with E-state index >= 15 is 0 Å². The van der Waals surface area contributed by atoms with Crippen LogP contribution in [-0.2, 0) is 11.3 Å². The van der Waals surface area contributed by atoms with Gasteiger partial charge < -0.3 is 4.90 Å². The van der Waals surface area contributed by atoms with E-state index < -0.39 is 24.1 Å². The van der Waals surface area contributed by atoms with Gasteiger partial charge in [0.05, 0.1) is 13.1 Å². The number of nitrogens with zero attached hydrogens (tertiary/aromatic N) is 5. The van der Waals surface area contributed by atoms with Crippen molar-refractivity contribution in [3.63, 3.8) is 0 Å². The maximum absolute atomic E-state index is 14.1. The SMILES string of the molecule is C=CCN1N=C(C)CN2C3C(=O)N(Cc4ccccc4F)C(=O)N(C)C3NC12. The van der Waals surface area contributed by atoms with Crippen molar-refractivity contribution >= 4 is 17.6 Å². The first-order chi connectivity index (χ1) is 13.4. The first-order valence-electron chi connectivity index (χ1n) is 9.17. The van der Waals surface area contributed by atoms with E-state index in [0.717, 1.165) is 10.6 Å². The zero-order valence-corrected chi connectivity index (χ0v) is 15.9. The number of halogens is 1. The van der Waals surface area contributed by atoms with Crippen LogP contribution < -0.4 is 5.32 Å². The molecule has 2 fully saturated rings. The minimum Gasteiger partial charge on any atom is -0.310 e. The summed E-state index contributed by atoms with van der Waals surface area (Å²) in [4.78, 5) is 30.8. The number of hydrazone groups is 1. The first kappa shape index (κ1) is 18.6. The van der Waals surface area contributed by atoms with Crippen LogP contribution in [0.25, 0.3) is 0 Å². The third kappa shape index (κ3) is 2.87. The molecule has 3 aliphatic rings. The molecule has 3 amide bonds. The van der Waals surface area contributed by atoms with Crippen LogP contribution in [0.3, 0.4) is 0 Å². The molecule has 0 aromatic heterocycles. The third-order valence-electron chi connectivity index (χ3n) is 5.35. The fourth-order valence-corrected chi connectivity index (χ4v) is 4.06. The van der Waals surface area contributed by atoms with Crippen molar-refractivity contribution in [1.82, 2.24) is 25.0 Å². The van der Waals surface area contributed by atoms with Gasteiger partial charge in [-0.2, -0.15) is 5.10 Å². The highest BCUT2D eigenvalue weighted by molar-refractivity contribution is 6.01. The van der Waals surface area contributed by atoms with Gasteiger partial charge in [-0.15, -0.1) is 6.58 Å². The van der Waals surface area contributed by atoms with Crippen molar-refractivity contribution in [2.45, 2.75) is 32.0 Å². The average molecular weight is 386 g/mol. The lowest BCUT2D eigenvalue weighted by atomic mass is 10.1. The second-order valence-corrected chi connectivity index (χ2v) is 7.26. The molecule has 3 heterocycles. The highest BCUT2D eigenvalue weighted by atomic mass is 19.1. The molecular formula is C19H23FN6O2. The summed E-state index contributed by atoms with van der Waals surface area (Å²) in [6.07, 6.45) is 0.949. The van der Waals surface area contributed by atoms with Crippen molar-refractivity contribution in [2.24, 2.45) is 5.10 Å². The smallest absolute Gasteiger partial charge is 0.310 e. The lowest BCUT2D eigenvalue weighted by molar-refractivity contribution is -0.139. The maximum Gasteiger partial charge on any atom is 0.328 e. The minimum atomic E-state index is -0.572. The van der Waals surface area contributed by atoms with E-state index in [9.17, 15) is 14.0 Å². The van der Waals surface area contributed by atoms with Crippen LogP contribution in [-0.4, -0.2) is 76.0 Å². The molecule has 0 aliphatic carbocycles. The van der Waals surface area contributed by atoms with Crippen LogP contribution in [0.5, 0.6) is 0 Å². The third-order valence-corrected chi connectivity index (χ3v) is 5.35. The zero-order chi connectivity index (χ0) is 20.0. The second-order valence-electron chi connectivity index (χ2n) is 7.26. The summed E-state index contributed by atoms with van der Waals surface area (Å²) < 4.78 is 14.1. The molecule has 1 aromatic carbocycles. The van der Waals surface area contributed by atoms with Gasteiger partial charge in [0.2, 0.25) is 0 Å². The molecular weight excluding hydrogens is 363 g/mol. The van der Waals surface area contributed by atoms with Gasteiger partial charge in [0, 0.05) is 24.9 Å². The highest BCUT2D eigenvalue weighted by Gasteiger charge is 2.56. The summed E-state index contributed by atoms with van der Waals surface area (Å²) in [5, 5.41) is 9.69. The van der Waals surface area contributed by atoms with Gasteiger partial charge >= 0.3 is 6.03 Å². The van der Waals surface area contributed by atoms with Gasteiger partial charge in [-0.05, 0) is 13.0 Å². The number of carbonyl (C=O) groups excluding carboxylic acids is 2. The number of hydrogen-bond acceptors (Lipinski definition) is 6. The summed E-state index contributed by atoms with van der Waals surface area (Å²) in [6, 6.07) is 5.16.